The van der Waals surface area contributed by atoms with Crippen molar-refractivity contribution in [1.82, 2.24) is 15.2 Å². The topological polar surface area (TPSA) is 99.2 Å². The molecule has 9 nitrogen and oxygen atoms in total. The molecule has 2 unspecified atom stereocenters. The molecule has 0 bridgehead atoms. The van der Waals surface area contributed by atoms with Crippen molar-refractivity contribution < 1.29 is 28.5 Å². The third kappa shape index (κ3) is 4.51. The number of likely N-dealkylation sites (N-methyl/N-ethyl adjacent to an activating group) is 1. The number of nitrogens with one attached hydrogen (secondary N) is 1. The number of pyridine rings is 1. The second-order valence-electron chi connectivity index (χ2n) is 8.29. The predicted molar refractivity (Wildman–Crippen MR) is 133 cm³/mol. The number of amides is 2. The van der Waals surface area contributed by atoms with Crippen LogP contribution in [0.15, 0.2) is 54.7 Å². The Morgan fingerprint density at radius 1 is 0.917 bits per heavy atom. The van der Waals surface area contributed by atoms with Crippen molar-refractivity contribution in [1.29, 1.82) is 0 Å². The third-order valence-electron chi connectivity index (χ3n) is 6.38. The van der Waals surface area contributed by atoms with Crippen LogP contribution in [-0.2, 0) is 11.3 Å². The van der Waals surface area contributed by atoms with Crippen molar-refractivity contribution in [3.8, 4) is 23.0 Å². The van der Waals surface area contributed by atoms with Gasteiger partial charge in [0, 0.05) is 18.8 Å². The predicted octanol–water partition coefficient (Wildman–Crippen LogP) is 3.34. The molecule has 2 aromatic carbocycles. The average Bonchev–Trinajstić information content (AvgIpc) is 2.92. The van der Waals surface area contributed by atoms with Gasteiger partial charge in [-0.1, -0.05) is 12.1 Å². The molecule has 0 radical (unpaired) electrons. The van der Waals surface area contributed by atoms with Gasteiger partial charge in [-0.15, -0.1) is 0 Å². The Balaban J connectivity index is 1.84. The number of methoxy groups -OCH3 is 4. The van der Waals surface area contributed by atoms with Gasteiger partial charge in [-0.25, -0.2) is 0 Å². The van der Waals surface area contributed by atoms with E-state index in [9.17, 15) is 9.59 Å². The fourth-order valence-corrected chi connectivity index (χ4v) is 4.58. The number of aromatic nitrogens is 1. The summed E-state index contributed by atoms with van der Waals surface area (Å²) in [5, 5.41) is 2.99. The summed E-state index contributed by atoms with van der Waals surface area (Å²) in [6.45, 7) is 0.245. The zero-order chi connectivity index (χ0) is 25.8. The maximum absolute atomic E-state index is 13.8. The van der Waals surface area contributed by atoms with Gasteiger partial charge in [0.2, 0.25) is 5.91 Å². The van der Waals surface area contributed by atoms with Crippen LogP contribution >= 0.6 is 0 Å². The molecule has 9 heteroatoms. The van der Waals surface area contributed by atoms with Crippen molar-refractivity contribution >= 4 is 11.8 Å². The van der Waals surface area contributed by atoms with Crippen LogP contribution in [0, 0.1) is 0 Å². The van der Waals surface area contributed by atoms with E-state index in [-0.39, 0.29) is 18.4 Å². The van der Waals surface area contributed by atoms with Gasteiger partial charge in [-0.3, -0.25) is 14.6 Å². The molecule has 0 fully saturated rings. The van der Waals surface area contributed by atoms with Crippen molar-refractivity contribution in [2.24, 2.45) is 0 Å². The summed E-state index contributed by atoms with van der Waals surface area (Å²) in [5.74, 6) is 0.657. The van der Waals surface area contributed by atoms with Crippen molar-refractivity contribution in [3.63, 3.8) is 0 Å². The summed E-state index contributed by atoms with van der Waals surface area (Å²) in [4.78, 5) is 33.2. The molecule has 0 aliphatic carbocycles. The highest BCUT2D eigenvalue weighted by molar-refractivity contribution is 6.02. The van der Waals surface area contributed by atoms with E-state index in [0.717, 1.165) is 11.3 Å². The second-order valence-corrected chi connectivity index (χ2v) is 8.29. The van der Waals surface area contributed by atoms with Crippen LogP contribution in [0.1, 0.15) is 39.1 Å². The van der Waals surface area contributed by atoms with Crippen molar-refractivity contribution in [2.75, 3.05) is 35.5 Å². The van der Waals surface area contributed by atoms with Gasteiger partial charge in [-0.05, 0) is 47.5 Å². The first-order valence-electron chi connectivity index (χ1n) is 11.4. The van der Waals surface area contributed by atoms with Crippen LogP contribution in [0.3, 0.4) is 0 Å². The Labute approximate surface area is 209 Å². The van der Waals surface area contributed by atoms with Gasteiger partial charge >= 0.3 is 0 Å². The summed E-state index contributed by atoms with van der Waals surface area (Å²) in [6, 6.07) is 13.6. The van der Waals surface area contributed by atoms with E-state index in [4.69, 9.17) is 18.9 Å². The molecule has 1 N–H and O–H groups in total. The van der Waals surface area contributed by atoms with E-state index in [1.54, 1.807) is 56.6 Å². The molecular weight excluding hydrogens is 462 g/mol. The fraction of sp³-hybridized carbons (Fsp3) is 0.296. The van der Waals surface area contributed by atoms with E-state index >= 15 is 0 Å². The molecule has 0 saturated heterocycles. The summed E-state index contributed by atoms with van der Waals surface area (Å²) >= 11 is 0. The maximum atomic E-state index is 13.8. The summed E-state index contributed by atoms with van der Waals surface area (Å²) in [5.41, 5.74) is 2.38. The second kappa shape index (κ2) is 10.6. The van der Waals surface area contributed by atoms with Crippen LogP contribution in [0.2, 0.25) is 0 Å². The summed E-state index contributed by atoms with van der Waals surface area (Å²) in [7, 11) is 7.80. The summed E-state index contributed by atoms with van der Waals surface area (Å²) < 4.78 is 21.8. The number of fused-ring (bicyclic) bond motifs is 1. The smallest absolute Gasteiger partial charge is 0.254 e. The third-order valence-corrected chi connectivity index (χ3v) is 6.38. The molecule has 0 saturated carbocycles. The first kappa shape index (κ1) is 24.8. The lowest BCUT2D eigenvalue weighted by molar-refractivity contribution is -0.124. The Hall–Kier alpha value is -4.27. The highest BCUT2D eigenvalue weighted by Gasteiger charge is 2.43. The highest BCUT2D eigenvalue weighted by atomic mass is 16.5. The molecule has 2 heterocycles. The molecule has 188 valence electrons. The average molecular weight is 492 g/mol. The summed E-state index contributed by atoms with van der Waals surface area (Å²) in [6.07, 6.45) is 1.67. The van der Waals surface area contributed by atoms with Crippen molar-refractivity contribution in [3.05, 3.63) is 77.1 Å². The zero-order valence-electron chi connectivity index (χ0n) is 20.9. The molecular formula is C27H29N3O6. The first-order valence-corrected chi connectivity index (χ1v) is 11.4. The SMILES string of the molecule is COc1ccc(C2C(C(=O)NCc3ccccn3)c3cc(OC)c(OC)cc3C(=O)N2C)cc1OC. The van der Waals surface area contributed by atoms with Gasteiger partial charge in [0.15, 0.2) is 23.0 Å². The molecule has 3 aromatic rings. The standard InChI is InChI=1S/C27H29N3O6/c1-30-25(16-9-10-20(33-2)21(12-16)34-3)24(26(31)29-15-17-8-6-7-11-28-17)18-13-22(35-4)23(36-5)14-19(18)27(30)32/h6-14,24-25H,15H2,1-5H3,(H,29,31). The first-order chi connectivity index (χ1) is 17.4. The molecule has 1 aromatic heterocycles. The van der Waals surface area contributed by atoms with Crippen molar-refractivity contribution in [2.45, 2.75) is 18.5 Å². The molecule has 4 rings (SSSR count). The normalized spacial score (nSPS) is 16.7. The Bertz CT molecular complexity index is 1260. The zero-order valence-corrected chi connectivity index (χ0v) is 20.9. The Morgan fingerprint density at radius 2 is 1.58 bits per heavy atom. The molecule has 2 atom stereocenters. The lowest BCUT2D eigenvalue weighted by Gasteiger charge is -2.40. The Kier molecular flexibility index (Phi) is 7.28. The van der Waals surface area contributed by atoms with E-state index in [0.29, 0.717) is 34.1 Å². The largest absolute Gasteiger partial charge is 0.493 e. The molecule has 36 heavy (non-hydrogen) atoms. The van der Waals surface area contributed by atoms with E-state index in [2.05, 4.69) is 10.3 Å². The highest BCUT2D eigenvalue weighted by Crippen LogP contribution is 2.46. The number of nitrogens with zero attached hydrogens (tertiary/aromatic N) is 2. The van der Waals surface area contributed by atoms with E-state index < -0.39 is 12.0 Å². The van der Waals surface area contributed by atoms with Crippen LogP contribution in [0.5, 0.6) is 23.0 Å². The quantitative estimate of drug-likeness (QED) is 0.516. The van der Waals surface area contributed by atoms with Gasteiger partial charge < -0.3 is 29.2 Å². The minimum atomic E-state index is -0.746. The van der Waals surface area contributed by atoms with Crippen LogP contribution in [0.25, 0.3) is 0 Å². The van der Waals surface area contributed by atoms with Gasteiger partial charge in [-0.2, -0.15) is 0 Å². The number of hydrogen-bond acceptors (Lipinski definition) is 7. The van der Waals surface area contributed by atoms with Gasteiger partial charge in [0.25, 0.3) is 5.91 Å². The minimum Gasteiger partial charge on any atom is -0.493 e. The fourth-order valence-electron chi connectivity index (χ4n) is 4.58. The molecule has 0 spiro atoms. The number of carbonyl (C=O) groups excluding carboxylic acids is 2. The number of hydrogen-bond donors (Lipinski definition) is 1. The molecule has 1 aliphatic heterocycles. The monoisotopic (exact) mass is 491 g/mol. The van der Waals surface area contributed by atoms with Gasteiger partial charge in [0.05, 0.1) is 52.6 Å². The molecule has 2 amide bonds. The number of benzene rings is 2. The number of rotatable bonds is 8. The maximum Gasteiger partial charge on any atom is 0.254 e. The van der Waals surface area contributed by atoms with Crippen LogP contribution in [0.4, 0.5) is 0 Å². The van der Waals surface area contributed by atoms with Crippen LogP contribution in [-0.4, -0.2) is 57.2 Å². The van der Waals surface area contributed by atoms with E-state index in [1.165, 1.54) is 14.2 Å². The number of carbonyl (C=O) groups is 2. The van der Waals surface area contributed by atoms with E-state index in [1.807, 2.05) is 24.3 Å². The number of ether oxygens (including phenoxy) is 4. The lowest BCUT2D eigenvalue weighted by atomic mass is 9.79. The molecule has 1 aliphatic rings. The van der Waals surface area contributed by atoms with Crippen LogP contribution < -0.4 is 24.3 Å². The van der Waals surface area contributed by atoms with Gasteiger partial charge in [0.1, 0.15) is 0 Å². The Morgan fingerprint density at radius 3 is 2.22 bits per heavy atom. The lowest BCUT2D eigenvalue weighted by Crippen LogP contribution is -2.45. The minimum absolute atomic E-state index is 0.237.